The molecule has 0 aliphatic heterocycles. The van der Waals surface area contributed by atoms with Crippen molar-refractivity contribution in [1.29, 1.82) is 0 Å². The molecule has 0 aliphatic rings. The van der Waals surface area contributed by atoms with Gasteiger partial charge in [0.05, 0.1) is 24.5 Å². The molecular weight excluding hydrogens is 284 g/mol. The van der Waals surface area contributed by atoms with Crippen LogP contribution >= 0.6 is 0 Å². The molecule has 0 radical (unpaired) electrons. The molecule has 112 valence electrons. The first-order valence-electron chi connectivity index (χ1n) is 6.05. The molecule has 0 fully saturated rings. The quantitative estimate of drug-likeness (QED) is 0.776. The molecule has 0 aromatic heterocycles. The number of aliphatic carboxylic acids is 1. The molecular formula is C13H18O6S. The van der Waals surface area contributed by atoms with E-state index < -0.39 is 27.5 Å². The van der Waals surface area contributed by atoms with Crippen LogP contribution in [0.15, 0.2) is 24.3 Å². The molecule has 7 heteroatoms. The Morgan fingerprint density at radius 3 is 2.45 bits per heavy atom. The molecule has 6 nitrogen and oxygen atoms in total. The zero-order chi connectivity index (χ0) is 15.2. The second-order valence-corrected chi connectivity index (χ2v) is 6.58. The average molecular weight is 302 g/mol. The fourth-order valence-electron chi connectivity index (χ4n) is 1.55. The zero-order valence-corrected chi connectivity index (χ0v) is 12.2. The van der Waals surface area contributed by atoms with E-state index in [1.807, 2.05) is 0 Å². The van der Waals surface area contributed by atoms with Gasteiger partial charge >= 0.3 is 5.97 Å². The highest BCUT2D eigenvalue weighted by Gasteiger charge is 2.21. The van der Waals surface area contributed by atoms with E-state index >= 15 is 0 Å². The number of carboxylic acid groups (broad SMARTS) is 1. The van der Waals surface area contributed by atoms with E-state index in [9.17, 15) is 13.2 Å². The summed E-state index contributed by atoms with van der Waals surface area (Å²) in [5.74, 6) is -1.70. The van der Waals surface area contributed by atoms with Gasteiger partial charge in [0, 0.05) is 0 Å². The summed E-state index contributed by atoms with van der Waals surface area (Å²) >= 11 is 0. The Morgan fingerprint density at radius 1 is 1.30 bits per heavy atom. The lowest BCUT2D eigenvalue weighted by Gasteiger charge is -2.11. The lowest BCUT2D eigenvalue weighted by atomic mass is 10.2. The van der Waals surface area contributed by atoms with Crippen molar-refractivity contribution in [2.45, 2.75) is 6.92 Å². The normalized spacial score (nSPS) is 12.7. The highest BCUT2D eigenvalue weighted by atomic mass is 32.2. The fraction of sp³-hybridized carbons (Fsp3) is 0.462. The van der Waals surface area contributed by atoms with E-state index in [-0.39, 0.29) is 12.4 Å². The average Bonchev–Trinajstić information content (AvgIpc) is 2.38. The van der Waals surface area contributed by atoms with Crippen molar-refractivity contribution in [3.8, 4) is 11.5 Å². The molecule has 1 aromatic carbocycles. The van der Waals surface area contributed by atoms with Gasteiger partial charge in [-0.3, -0.25) is 4.79 Å². The summed E-state index contributed by atoms with van der Waals surface area (Å²) in [7, 11) is -1.97. The number of hydrogen-bond donors (Lipinski definition) is 1. The van der Waals surface area contributed by atoms with Crippen molar-refractivity contribution in [3.05, 3.63) is 24.3 Å². The number of para-hydroxylation sites is 2. The summed E-state index contributed by atoms with van der Waals surface area (Å²) in [6.45, 7) is 1.32. The Bertz CT molecular complexity index is 552. The van der Waals surface area contributed by atoms with Crippen LogP contribution in [0.25, 0.3) is 0 Å². The van der Waals surface area contributed by atoms with Crippen molar-refractivity contribution in [2.24, 2.45) is 5.92 Å². The summed E-state index contributed by atoms with van der Waals surface area (Å²) in [4.78, 5) is 10.6. The van der Waals surface area contributed by atoms with Crippen molar-refractivity contribution < 1.29 is 27.8 Å². The number of ether oxygens (including phenoxy) is 2. The Kier molecular flexibility index (Phi) is 5.82. The van der Waals surface area contributed by atoms with E-state index in [2.05, 4.69) is 0 Å². The summed E-state index contributed by atoms with van der Waals surface area (Å²) < 4.78 is 33.9. The Hall–Kier alpha value is -1.76. The number of rotatable bonds is 8. The van der Waals surface area contributed by atoms with Crippen molar-refractivity contribution in [3.63, 3.8) is 0 Å². The van der Waals surface area contributed by atoms with Crippen LogP contribution in [0.2, 0.25) is 0 Å². The van der Waals surface area contributed by atoms with Gasteiger partial charge in [0.15, 0.2) is 21.3 Å². The molecule has 0 amide bonds. The van der Waals surface area contributed by atoms with Crippen LogP contribution < -0.4 is 9.47 Å². The molecule has 1 atom stereocenters. The number of benzene rings is 1. The monoisotopic (exact) mass is 302 g/mol. The van der Waals surface area contributed by atoms with E-state index in [1.54, 1.807) is 24.3 Å². The summed E-state index contributed by atoms with van der Waals surface area (Å²) in [6, 6.07) is 6.90. The zero-order valence-electron chi connectivity index (χ0n) is 11.4. The Morgan fingerprint density at radius 2 is 1.90 bits per heavy atom. The van der Waals surface area contributed by atoms with Gasteiger partial charge in [-0.2, -0.15) is 0 Å². The molecule has 0 saturated heterocycles. The maximum atomic E-state index is 11.7. The summed E-state index contributed by atoms with van der Waals surface area (Å²) in [5, 5.41) is 8.70. The molecule has 0 aliphatic carbocycles. The maximum absolute atomic E-state index is 11.7. The molecule has 20 heavy (non-hydrogen) atoms. The molecule has 1 rings (SSSR count). The van der Waals surface area contributed by atoms with Gasteiger partial charge < -0.3 is 14.6 Å². The van der Waals surface area contributed by atoms with Gasteiger partial charge in [-0.05, 0) is 12.1 Å². The molecule has 0 bridgehead atoms. The van der Waals surface area contributed by atoms with Crippen LogP contribution in [0, 0.1) is 5.92 Å². The van der Waals surface area contributed by atoms with Crippen LogP contribution in [0.4, 0.5) is 0 Å². The summed E-state index contributed by atoms with van der Waals surface area (Å²) in [5.41, 5.74) is 0. The van der Waals surface area contributed by atoms with Crippen molar-refractivity contribution in [2.75, 3.05) is 25.2 Å². The minimum Gasteiger partial charge on any atom is -0.493 e. The molecule has 0 heterocycles. The SMILES string of the molecule is COc1ccccc1OCCS(=O)(=O)CC(C)C(=O)O. The first kappa shape index (κ1) is 16.3. The number of carboxylic acids is 1. The Labute approximate surface area is 118 Å². The third-order valence-electron chi connectivity index (χ3n) is 2.65. The van der Waals surface area contributed by atoms with Crippen molar-refractivity contribution >= 4 is 15.8 Å². The highest BCUT2D eigenvalue weighted by Crippen LogP contribution is 2.25. The molecule has 1 N–H and O–H groups in total. The third-order valence-corrected chi connectivity index (χ3v) is 4.44. The smallest absolute Gasteiger partial charge is 0.307 e. The lowest BCUT2D eigenvalue weighted by Crippen LogP contribution is -2.25. The van der Waals surface area contributed by atoms with Gasteiger partial charge in [0.2, 0.25) is 0 Å². The number of carbonyl (C=O) groups is 1. The molecule has 1 unspecified atom stereocenters. The highest BCUT2D eigenvalue weighted by molar-refractivity contribution is 7.91. The van der Waals surface area contributed by atoms with Gasteiger partial charge in [-0.25, -0.2) is 8.42 Å². The first-order chi connectivity index (χ1) is 9.35. The number of sulfone groups is 1. The van der Waals surface area contributed by atoms with Crippen LogP contribution in [-0.4, -0.2) is 44.7 Å². The van der Waals surface area contributed by atoms with Crippen LogP contribution in [0.5, 0.6) is 11.5 Å². The molecule has 0 spiro atoms. The fourth-order valence-corrected chi connectivity index (χ4v) is 2.96. The lowest BCUT2D eigenvalue weighted by molar-refractivity contribution is -0.140. The van der Waals surface area contributed by atoms with E-state index in [1.165, 1.54) is 14.0 Å². The predicted molar refractivity (Wildman–Crippen MR) is 73.9 cm³/mol. The maximum Gasteiger partial charge on any atom is 0.307 e. The number of methoxy groups -OCH3 is 1. The molecule has 1 aromatic rings. The van der Waals surface area contributed by atoms with Crippen LogP contribution in [0.1, 0.15) is 6.92 Å². The van der Waals surface area contributed by atoms with Gasteiger partial charge in [0.1, 0.15) is 6.61 Å². The van der Waals surface area contributed by atoms with E-state index in [0.717, 1.165) is 0 Å². The van der Waals surface area contributed by atoms with Gasteiger partial charge in [-0.1, -0.05) is 19.1 Å². The first-order valence-corrected chi connectivity index (χ1v) is 7.87. The van der Waals surface area contributed by atoms with E-state index in [4.69, 9.17) is 14.6 Å². The molecule has 0 saturated carbocycles. The topological polar surface area (TPSA) is 89.9 Å². The second-order valence-electron chi connectivity index (χ2n) is 4.35. The number of hydrogen-bond acceptors (Lipinski definition) is 5. The second kappa shape index (κ2) is 7.14. The largest absolute Gasteiger partial charge is 0.493 e. The van der Waals surface area contributed by atoms with Gasteiger partial charge in [-0.15, -0.1) is 0 Å². The Balaban J connectivity index is 2.53. The van der Waals surface area contributed by atoms with Gasteiger partial charge in [0.25, 0.3) is 0 Å². The third kappa shape index (κ3) is 5.08. The minimum atomic E-state index is -3.46. The summed E-state index contributed by atoms with van der Waals surface area (Å²) in [6.07, 6.45) is 0. The minimum absolute atomic E-state index is 0.0466. The van der Waals surface area contributed by atoms with Crippen LogP contribution in [0.3, 0.4) is 0 Å². The van der Waals surface area contributed by atoms with E-state index in [0.29, 0.717) is 11.5 Å². The standard InChI is InChI=1S/C13H18O6S/c1-10(13(14)15)9-20(16,17)8-7-19-12-6-4-3-5-11(12)18-2/h3-6,10H,7-9H2,1-2H3,(H,14,15). The van der Waals surface area contributed by atoms with Crippen molar-refractivity contribution in [1.82, 2.24) is 0 Å². The predicted octanol–water partition coefficient (Wildman–Crippen LogP) is 1.21. The van der Waals surface area contributed by atoms with Crippen LogP contribution in [-0.2, 0) is 14.6 Å².